The first-order valence-electron chi connectivity index (χ1n) is 8.47. The van der Waals surface area contributed by atoms with E-state index in [0.717, 1.165) is 5.56 Å². The molecule has 7 heteroatoms. The van der Waals surface area contributed by atoms with Crippen LogP contribution < -0.4 is 10.6 Å². The molecule has 0 saturated heterocycles. The van der Waals surface area contributed by atoms with Crippen LogP contribution in [0, 0.1) is 0 Å². The van der Waals surface area contributed by atoms with Crippen molar-refractivity contribution in [2.45, 2.75) is 31.8 Å². The second kappa shape index (κ2) is 9.38. The van der Waals surface area contributed by atoms with E-state index >= 15 is 0 Å². The maximum Gasteiger partial charge on any atom is 0.326 e. The largest absolute Gasteiger partial charge is 0.508 e. The Morgan fingerprint density at radius 1 is 0.852 bits per heavy atom. The van der Waals surface area contributed by atoms with Crippen molar-refractivity contribution < 1.29 is 24.6 Å². The van der Waals surface area contributed by atoms with Crippen molar-refractivity contribution in [3.8, 4) is 5.75 Å². The van der Waals surface area contributed by atoms with Crippen LogP contribution in [-0.4, -0.2) is 40.1 Å². The summed E-state index contributed by atoms with van der Waals surface area (Å²) in [4.78, 5) is 35.6. The Hall–Kier alpha value is -3.35. The molecule has 0 fully saturated rings. The van der Waals surface area contributed by atoms with E-state index in [1.165, 1.54) is 19.1 Å². The fraction of sp³-hybridized carbons (Fsp3) is 0.250. The number of rotatable bonds is 8. The summed E-state index contributed by atoms with van der Waals surface area (Å²) in [6, 6.07) is 13.2. The molecule has 0 aliphatic rings. The van der Waals surface area contributed by atoms with Gasteiger partial charge in [-0.3, -0.25) is 9.59 Å². The highest BCUT2D eigenvalue weighted by molar-refractivity contribution is 5.90. The van der Waals surface area contributed by atoms with Gasteiger partial charge in [0.1, 0.15) is 17.8 Å². The number of nitrogens with one attached hydrogen (secondary N) is 2. The van der Waals surface area contributed by atoms with Gasteiger partial charge in [0.05, 0.1) is 0 Å². The minimum Gasteiger partial charge on any atom is -0.508 e. The maximum atomic E-state index is 12.6. The number of amides is 2. The monoisotopic (exact) mass is 370 g/mol. The topological polar surface area (TPSA) is 116 Å². The minimum atomic E-state index is -1.18. The SMILES string of the molecule is CC(=O)NC(Cc1ccccc1)C(=O)N[C@H](Cc1ccc(O)cc1)C(=O)O. The zero-order chi connectivity index (χ0) is 19.8. The zero-order valence-electron chi connectivity index (χ0n) is 14.9. The van der Waals surface area contributed by atoms with Crippen molar-refractivity contribution in [1.82, 2.24) is 10.6 Å². The second-order valence-electron chi connectivity index (χ2n) is 6.21. The zero-order valence-corrected chi connectivity index (χ0v) is 14.9. The molecule has 0 aliphatic heterocycles. The van der Waals surface area contributed by atoms with E-state index in [0.29, 0.717) is 5.56 Å². The Balaban J connectivity index is 2.10. The number of hydrogen-bond donors (Lipinski definition) is 4. The number of carboxylic acid groups (broad SMARTS) is 1. The van der Waals surface area contributed by atoms with E-state index in [-0.39, 0.29) is 24.5 Å². The van der Waals surface area contributed by atoms with Crippen molar-refractivity contribution >= 4 is 17.8 Å². The van der Waals surface area contributed by atoms with Gasteiger partial charge in [0.2, 0.25) is 11.8 Å². The molecule has 0 bridgehead atoms. The van der Waals surface area contributed by atoms with Crippen LogP contribution in [0.4, 0.5) is 0 Å². The third-order valence-corrected chi connectivity index (χ3v) is 3.97. The summed E-state index contributed by atoms with van der Waals surface area (Å²) in [7, 11) is 0. The Kier molecular flexibility index (Phi) is 6.93. The van der Waals surface area contributed by atoms with Crippen molar-refractivity contribution in [2.75, 3.05) is 0 Å². The fourth-order valence-corrected chi connectivity index (χ4v) is 2.64. The maximum absolute atomic E-state index is 12.6. The lowest BCUT2D eigenvalue weighted by Crippen LogP contribution is -2.52. The minimum absolute atomic E-state index is 0.0550. The Morgan fingerprint density at radius 2 is 1.41 bits per heavy atom. The highest BCUT2D eigenvalue weighted by Crippen LogP contribution is 2.12. The smallest absolute Gasteiger partial charge is 0.326 e. The molecule has 0 spiro atoms. The third-order valence-electron chi connectivity index (χ3n) is 3.97. The molecule has 142 valence electrons. The lowest BCUT2D eigenvalue weighted by Gasteiger charge is -2.21. The molecule has 2 amide bonds. The summed E-state index contributed by atoms with van der Waals surface area (Å²) in [5.41, 5.74) is 1.50. The number of carboxylic acids is 1. The molecule has 0 saturated carbocycles. The average Bonchev–Trinajstić information content (AvgIpc) is 2.62. The molecule has 0 aliphatic carbocycles. The molecule has 0 heterocycles. The number of aromatic hydroxyl groups is 1. The normalized spacial score (nSPS) is 12.6. The molecule has 2 aromatic rings. The van der Waals surface area contributed by atoms with E-state index in [1.54, 1.807) is 12.1 Å². The molecule has 0 radical (unpaired) electrons. The van der Waals surface area contributed by atoms with E-state index in [1.807, 2.05) is 30.3 Å². The summed E-state index contributed by atoms with van der Waals surface area (Å²) >= 11 is 0. The first kappa shape index (κ1) is 20.0. The van der Waals surface area contributed by atoms with Crippen LogP contribution in [0.2, 0.25) is 0 Å². The standard InChI is InChI=1S/C20H22N2O5/c1-13(23)21-17(11-14-5-3-2-4-6-14)19(25)22-18(20(26)27)12-15-7-9-16(24)10-8-15/h2-10,17-18,24H,11-12H2,1H3,(H,21,23)(H,22,25)(H,26,27)/t17?,18-/m1/s1. The van der Waals surface area contributed by atoms with Crippen LogP contribution in [0.15, 0.2) is 54.6 Å². The number of benzene rings is 2. The summed E-state index contributed by atoms with van der Waals surface area (Å²) in [6.45, 7) is 1.30. The van der Waals surface area contributed by atoms with Gasteiger partial charge in [-0.2, -0.15) is 0 Å². The van der Waals surface area contributed by atoms with Crippen LogP contribution in [-0.2, 0) is 27.2 Å². The van der Waals surface area contributed by atoms with Gasteiger partial charge in [-0.1, -0.05) is 42.5 Å². The average molecular weight is 370 g/mol. The molecule has 4 N–H and O–H groups in total. The third kappa shape index (κ3) is 6.47. The van der Waals surface area contributed by atoms with Crippen molar-refractivity contribution in [3.05, 3.63) is 65.7 Å². The molecule has 1 unspecified atom stereocenters. The van der Waals surface area contributed by atoms with Crippen molar-refractivity contribution in [1.29, 1.82) is 0 Å². The van der Waals surface area contributed by atoms with E-state index < -0.39 is 24.0 Å². The highest BCUT2D eigenvalue weighted by atomic mass is 16.4. The van der Waals surface area contributed by atoms with Crippen LogP contribution in [0.3, 0.4) is 0 Å². The van der Waals surface area contributed by atoms with Crippen LogP contribution in [0.1, 0.15) is 18.1 Å². The van der Waals surface area contributed by atoms with Crippen LogP contribution in [0.25, 0.3) is 0 Å². The van der Waals surface area contributed by atoms with E-state index in [2.05, 4.69) is 10.6 Å². The fourth-order valence-electron chi connectivity index (χ4n) is 2.64. The van der Waals surface area contributed by atoms with Gasteiger partial charge >= 0.3 is 5.97 Å². The van der Waals surface area contributed by atoms with Gasteiger partial charge in [0.25, 0.3) is 0 Å². The number of carbonyl (C=O) groups is 3. The molecule has 2 aromatic carbocycles. The van der Waals surface area contributed by atoms with Crippen LogP contribution in [0.5, 0.6) is 5.75 Å². The van der Waals surface area contributed by atoms with Gasteiger partial charge in [0.15, 0.2) is 0 Å². The predicted octanol–water partition coefficient (Wildman–Crippen LogP) is 1.25. The first-order chi connectivity index (χ1) is 12.8. The lowest BCUT2D eigenvalue weighted by molar-refractivity contribution is -0.142. The summed E-state index contributed by atoms with van der Waals surface area (Å²) < 4.78 is 0. The van der Waals surface area contributed by atoms with Crippen molar-refractivity contribution in [3.63, 3.8) is 0 Å². The lowest BCUT2D eigenvalue weighted by atomic mass is 10.0. The van der Waals surface area contributed by atoms with Gasteiger partial charge in [0, 0.05) is 19.8 Å². The number of aliphatic carboxylic acids is 1. The Bertz CT molecular complexity index is 790. The summed E-state index contributed by atoms with van der Waals surface area (Å²) in [5.74, 6) is -2.06. The summed E-state index contributed by atoms with van der Waals surface area (Å²) in [5, 5.41) is 23.8. The number of carbonyl (C=O) groups excluding carboxylic acids is 2. The Morgan fingerprint density at radius 3 is 1.96 bits per heavy atom. The quantitative estimate of drug-likeness (QED) is 0.558. The van der Waals surface area contributed by atoms with Gasteiger partial charge in [-0.05, 0) is 23.3 Å². The van der Waals surface area contributed by atoms with E-state index in [4.69, 9.17) is 0 Å². The summed E-state index contributed by atoms with van der Waals surface area (Å²) in [6.07, 6.45) is 0.303. The first-order valence-corrected chi connectivity index (χ1v) is 8.47. The number of hydrogen-bond acceptors (Lipinski definition) is 4. The molecule has 2 atom stereocenters. The second-order valence-corrected chi connectivity index (χ2v) is 6.21. The van der Waals surface area contributed by atoms with E-state index in [9.17, 15) is 24.6 Å². The molecule has 27 heavy (non-hydrogen) atoms. The number of phenolic OH excluding ortho intramolecular Hbond substituents is 1. The van der Waals surface area contributed by atoms with Gasteiger partial charge in [-0.25, -0.2) is 4.79 Å². The Labute approximate surface area is 157 Å². The van der Waals surface area contributed by atoms with Crippen molar-refractivity contribution in [2.24, 2.45) is 0 Å². The molecular weight excluding hydrogens is 348 g/mol. The predicted molar refractivity (Wildman–Crippen MR) is 99.1 cm³/mol. The number of phenols is 1. The molecule has 0 aromatic heterocycles. The molecular formula is C20H22N2O5. The molecule has 7 nitrogen and oxygen atoms in total. The highest BCUT2D eigenvalue weighted by Gasteiger charge is 2.26. The van der Waals surface area contributed by atoms with Gasteiger partial charge in [-0.15, -0.1) is 0 Å². The van der Waals surface area contributed by atoms with Crippen LogP contribution >= 0.6 is 0 Å². The van der Waals surface area contributed by atoms with Gasteiger partial charge < -0.3 is 20.8 Å². The molecule has 2 rings (SSSR count).